The van der Waals surface area contributed by atoms with Crippen LogP contribution < -0.4 is 27.4 Å². The summed E-state index contributed by atoms with van der Waals surface area (Å²) in [6, 6.07) is 12.0. The van der Waals surface area contributed by atoms with Crippen LogP contribution in [0.25, 0.3) is 0 Å². The molecule has 14 nitrogen and oxygen atoms in total. The third kappa shape index (κ3) is 8.83. The third-order valence-electron chi connectivity index (χ3n) is 7.13. The number of nitrogens with two attached hydrogens (primary N) is 2. The van der Waals surface area contributed by atoms with Gasteiger partial charge in [0.15, 0.2) is 5.96 Å². The topological polar surface area (TPSA) is 226 Å². The van der Waals surface area contributed by atoms with E-state index in [4.69, 9.17) is 11.5 Å². The number of piperidine rings is 2. The van der Waals surface area contributed by atoms with Gasteiger partial charge in [0.1, 0.15) is 18.4 Å². The molecule has 2 saturated heterocycles. The molecule has 2 aromatic rings. The number of likely N-dealkylation sites (N-methyl/N-ethyl adjacent to an activating group) is 1. The fourth-order valence-electron chi connectivity index (χ4n) is 5.21. The summed E-state index contributed by atoms with van der Waals surface area (Å²) in [5, 5.41) is 17.0. The van der Waals surface area contributed by atoms with Gasteiger partial charge in [-0.25, -0.2) is 18.2 Å². The van der Waals surface area contributed by atoms with Crippen molar-refractivity contribution in [3.8, 4) is 0 Å². The van der Waals surface area contributed by atoms with E-state index in [-0.39, 0.29) is 35.9 Å². The predicted octanol–water partition coefficient (Wildman–Crippen LogP) is -0.0727. The van der Waals surface area contributed by atoms with Crippen LogP contribution in [-0.4, -0.2) is 86.1 Å². The van der Waals surface area contributed by atoms with Gasteiger partial charge in [-0.2, -0.15) is 4.31 Å². The minimum Gasteiger partial charge on any atom is -0.480 e. The molecule has 2 aliphatic heterocycles. The fourth-order valence-corrected chi connectivity index (χ4v) is 7.12. The van der Waals surface area contributed by atoms with E-state index in [1.807, 2.05) is 0 Å². The lowest BCUT2D eigenvalue weighted by atomic mass is 9.76. The molecule has 0 aromatic heterocycles. The molecule has 3 fully saturated rings. The predicted molar refractivity (Wildman–Crippen MR) is 159 cm³/mol. The first-order chi connectivity index (χ1) is 20.5. The molecule has 2 bridgehead atoms. The van der Waals surface area contributed by atoms with E-state index in [0.717, 1.165) is 6.29 Å². The molecule has 2 atom stereocenters. The monoisotopic (exact) mass is 615 g/mol. The number of aldehydes is 1. The van der Waals surface area contributed by atoms with Crippen LogP contribution in [0.4, 0.5) is 5.69 Å². The van der Waals surface area contributed by atoms with Gasteiger partial charge in [-0.15, -0.1) is 0 Å². The van der Waals surface area contributed by atoms with Crippen molar-refractivity contribution in [1.29, 1.82) is 0 Å². The Hall–Kier alpha value is -4.34. The van der Waals surface area contributed by atoms with E-state index >= 15 is 0 Å². The molecule has 1 saturated carbocycles. The highest BCUT2D eigenvalue weighted by molar-refractivity contribution is 7.89. The van der Waals surface area contributed by atoms with Crippen LogP contribution in [0.1, 0.15) is 36.0 Å². The van der Waals surface area contributed by atoms with E-state index in [1.54, 1.807) is 49.5 Å². The van der Waals surface area contributed by atoms with Gasteiger partial charge in [-0.1, -0.05) is 30.3 Å². The Labute approximate surface area is 250 Å². The minimum atomic E-state index is -3.93. The van der Waals surface area contributed by atoms with E-state index < -0.39 is 39.9 Å². The number of carboxylic acid groups (broad SMARTS) is 1. The molecule has 15 heteroatoms. The molecule has 5 rings (SSSR count). The standard InChI is InChI=1S/C20H28N4O6S.C8H9N3O/c1-21-12-17(25)22-11-16(20(27)28)23-19(26)18-13-7-9-14(10-8-13)24(18)31(29,30)15-5-3-2-4-6-15;9-8(10)11-7-3-1-2-6(4-7)5-12/h2-6,13-14,16,18,21H,7-12H2,1H3,(H,22,25)(H,23,26)(H,27,28);1-5H,(H4,9,10,11). The zero-order valence-corrected chi connectivity index (χ0v) is 24.5. The maximum Gasteiger partial charge on any atom is 0.328 e. The summed E-state index contributed by atoms with van der Waals surface area (Å²) in [4.78, 5) is 50.6. The van der Waals surface area contributed by atoms with Crippen LogP contribution in [0.2, 0.25) is 0 Å². The largest absolute Gasteiger partial charge is 0.480 e. The van der Waals surface area contributed by atoms with E-state index in [9.17, 15) is 32.7 Å². The average Bonchev–Trinajstić information content (AvgIpc) is 2.99. The summed E-state index contributed by atoms with van der Waals surface area (Å²) < 4.78 is 28.0. The van der Waals surface area contributed by atoms with Crippen molar-refractivity contribution >= 4 is 45.7 Å². The van der Waals surface area contributed by atoms with Gasteiger partial charge in [0.05, 0.1) is 17.1 Å². The van der Waals surface area contributed by atoms with Crippen molar-refractivity contribution in [3.63, 3.8) is 0 Å². The summed E-state index contributed by atoms with van der Waals surface area (Å²) >= 11 is 0. The molecule has 8 N–H and O–H groups in total. The van der Waals surface area contributed by atoms with Crippen LogP contribution in [-0.2, 0) is 24.4 Å². The van der Waals surface area contributed by atoms with Gasteiger partial charge in [-0.3, -0.25) is 14.4 Å². The molecule has 43 heavy (non-hydrogen) atoms. The Bertz CT molecular complexity index is 1420. The molecule has 2 unspecified atom stereocenters. The van der Waals surface area contributed by atoms with E-state index in [0.29, 0.717) is 36.9 Å². The van der Waals surface area contributed by atoms with Gasteiger partial charge in [0.2, 0.25) is 21.8 Å². The highest BCUT2D eigenvalue weighted by Gasteiger charge is 2.51. The summed E-state index contributed by atoms with van der Waals surface area (Å²) in [6.07, 6.45) is 3.50. The number of benzene rings is 2. The van der Waals surface area contributed by atoms with Gasteiger partial charge >= 0.3 is 5.97 Å². The number of carbonyl (C=O) groups is 4. The Morgan fingerprint density at radius 1 is 1.07 bits per heavy atom. The second-order valence-corrected chi connectivity index (χ2v) is 12.0. The number of carboxylic acids is 1. The number of aliphatic carboxylic acids is 1. The summed E-state index contributed by atoms with van der Waals surface area (Å²) in [5.41, 5.74) is 11.4. The average molecular weight is 616 g/mol. The lowest BCUT2D eigenvalue weighted by Crippen LogP contribution is -2.64. The highest BCUT2D eigenvalue weighted by atomic mass is 32.2. The maximum atomic E-state index is 13.4. The Balaban J connectivity index is 0.000000353. The summed E-state index contributed by atoms with van der Waals surface area (Å²) in [6.45, 7) is -0.288. The number of nitrogens with one attached hydrogen (secondary N) is 3. The fraction of sp³-hybridized carbons (Fsp3) is 0.393. The van der Waals surface area contributed by atoms with Crippen LogP contribution in [0.3, 0.4) is 0 Å². The maximum absolute atomic E-state index is 13.4. The number of rotatable bonds is 11. The molecule has 2 heterocycles. The van der Waals surface area contributed by atoms with E-state index in [2.05, 4.69) is 20.9 Å². The van der Waals surface area contributed by atoms with Crippen LogP contribution in [0, 0.1) is 5.92 Å². The number of hydrogen-bond acceptors (Lipinski definition) is 8. The molecule has 2 aromatic carbocycles. The lowest BCUT2D eigenvalue weighted by molar-refractivity contribution is -0.143. The molecule has 0 spiro atoms. The van der Waals surface area contributed by atoms with Gasteiger partial charge in [-0.05, 0) is 62.9 Å². The molecule has 1 aliphatic carbocycles. The number of carbonyl (C=O) groups excluding carboxylic acids is 3. The number of aliphatic imine (C=N–C) groups is 1. The van der Waals surface area contributed by atoms with Crippen molar-refractivity contribution in [2.45, 2.75) is 48.7 Å². The molecular formula is C28H37N7O7S. The van der Waals surface area contributed by atoms with Crippen molar-refractivity contribution in [2.75, 3.05) is 20.1 Å². The molecule has 3 aliphatic rings. The third-order valence-corrected chi connectivity index (χ3v) is 9.08. The molecule has 232 valence electrons. The van der Waals surface area contributed by atoms with Crippen molar-refractivity contribution in [1.82, 2.24) is 20.3 Å². The van der Waals surface area contributed by atoms with Gasteiger partial charge in [0.25, 0.3) is 0 Å². The molecule has 0 radical (unpaired) electrons. The lowest BCUT2D eigenvalue weighted by Gasteiger charge is -2.49. The normalized spacial score (nSPS) is 20.1. The SMILES string of the molecule is CNCC(=O)NCC(NC(=O)C1C2CCC(CC2)N1S(=O)(=O)c1ccccc1)C(=O)O.NC(N)=Nc1cccc(C=O)c1. The number of hydrogen-bond donors (Lipinski definition) is 6. The first-order valence-electron chi connectivity index (χ1n) is 13.7. The number of amides is 2. The second kappa shape index (κ2) is 15.2. The number of sulfonamides is 1. The smallest absolute Gasteiger partial charge is 0.328 e. The second-order valence-electron chi connectivity index (χ2n) is 10.1. The Morgan fingerprint density at radius 2 is 1.74 bits per heavy atom. The first-order valence-corrected chi connectivity index (χ1v) is 15.1. The van der Waals surface area contributed by atoms with Crippen LogP contribution >= 0.6 is 0 Å². The van der Waals surface area contributed by atoms with Crippen molar-refractivity contribution in [2.24, 2.45) is 22.4 Å². The minimum absolute atomic E-state index is 0.00968. The van der Waals surface area contributed by atoms with Crippen molar-refractivity contribution < 1.29 is 32.7 Å². The zero-order valence-electron chi connectivity index (χ0n) is 23.7. The highest BCUT2D eigenvalue weighted by Crippen LogP contribution is 2.42. The number of fused-ring (bicyclic) bond motifs is 3. The van der Waals surface area contributed by atoms with E-state index in [1.165, 1.54) is 16.4 Å². The van der Waals surface area contributed by atoms with Crippen molar-refractivity contribution in [3.05, 3.63) is 60.2 Å². The Morgan fingerprint density at radius 3 is 2.33 bits per heavy atom. The Kier molecular flexibility index (Phi) is 11.7. The van der Waals surface area contributed by atoms with Gasteiger partial charge < -0.3 is 32.5 Å². The van der Waals surface area contributed by atoms with Crippen LogP contribution in [0.5, 0.6) is 0 Å². The quantitative estimate of drug-likeness (QED) is 0.112. The number of guanidine groups is 1. The summed E-state index contributed by atoms with van der Waals surface area (Å²) in [7, 11) is -2.35. The molecular weight excluding hydrogens is 578 g/mol. The van der Waals surface area contributed by atoms with Crippen LogP contribution in [0.15, 0.2) is 64.5 Å². The van der Waals surface area contributed by atoms with Gasteiger partial charge in [0, 0.05) is 18.2 Å². The number of nitrogens with zero attached hydrogens (tertiary/aromatic N) is 2. The first kappa shape index (κ1) is 33.2. The molecule has 2 amide bonds. The summed E-state index contributed by atoms with van der Waals surface area (Å²) in [5.74, 6) is -2.57. The zero-order chi connectivity index (χ0) is 31.6.